The van der Waals surface area contributed by atoms with Crippen molar-refractivity contribution in [3.8, 4) is 17.2 Å². The SMILES string of the molecule is O=C(COc1ccccc1)Nc1ccc(SC(C(=O)Nc2ccc3c(c2)OCCO3)c2ccccc2)cc1. The van der Waals surface area contributed by atoms with Crippen molar-refractivity contribution in [2.45, 2.75) is 10.1 Å². The molecule has 1 aliphatic rings. The monoisotopic (exact) mass is 526 g/mol. The Morgan fingerprint density at radius 1 is 0.763 bits per heavy atom. The standard InChI is InChI=1S/C30H26N2O5S/c33-28(20-37-24-9-5-2-6-10-24)31-22-11-14-25(15-12-22)38-29(21-7-3-1-4-8-21)30(34)32-23-13-16-26-27(19-23)36-18-17-35-26/h1-16,19,29H,17-18,20H2,(H,31,33)(H,32,34). The van der Waals surface area contributed by atoms with Gasteiger partial charge in [0.25, 0.3) is 5.91 Å². The van der Waals surface area contributed by atoms with Crippen LogP contribution in [-0.4, -0.2) is 31.6 Å². The topological polar surface area (TPSA) is 85.9 Å². The van der Waals surface area contributed by atoms with E-state index < -0.39 is 5.25 Å². The Bertz CT molecular complexity index is 1380. The van der Waals surface area contributed by atoms with Crippen molar-refractivity contribution < 1.29 is 23.8 Å². The van der Waals surface area contributed by atoms with Crippen LogP contribution in [0, 0.1) is 0 Å². The fourth-order valence-corrected chi connectivity index (χ4v) is 4.87. The van der Waals surface area contributed by atoms with Crippen molar-refractivity contribution in [3.05, 3.63) is 109 Å². The van der Waals surface area contributed by atoms with Gasteiger partial charge >= 0.3 is 0 Å². The van der Waals surface area contributed by atoms with Gasteiger partial charge in [-0.15, -0.1) is 11.8 Å². The van der Waals surface area contributed by atoms with E-state index in [0.717, 1.165) is 10.5 Å². The molecule has 0 fully saturated rings. The lowest BCUT2D eigenvalue weighted by Gasteiger charge is -2.20. The Morgan fingerprint density at radius 2 is 1.42 bits per heavy atom. The first-order valence-corrected chi connectivity index (χ1v) is 13.0. The third-order valence-electron chi connectivity index (χ3n) is 5.66. The van der Waals surface area contributed by atoms with Crippen LogP contribution in [0.5, 0.6) is 17.2 Å². The minimum absolute atomic E-state index is 0.0867. The van der Waals surface area contributed by atoms with Crippen molar-refractivity contribution in [1.82, 2.24) is 0 Å². The minimum atomic E-state index is -0.496. The summed E-state index contributed by atoms with van der Waals surface area (Å²) in [5, 5.41) is 5.34. The van der Waals surface area contributed by atoms with Gasteiger partial charge < -0.3 is 24.8 Å². The van der Waals surface area contributed by atoms with Gasteiger partial charge in [-0.3, -0.25) is 9.59 Å². The summed E-state index contributed by atoms with van der Waals surface area (Å²) in [6, 6.07) is 31.5. The maximum atomic E-state index is 13.4. The van der Waals surface area contributed by atoms with E-state index in [-0.39, 0.29) is 18.4 Å². The number of benzene rings is 4. The van der Waals surface area contributed by atoms with Gasteiger partial charge in [-0.1, -0.05) is 48.5 Å². The lowest BCUT2D eigenvalue weighted by molar-refractivity contribution is -0.118. The van der Waals surface area contributed by atoms with Crippen LogP contribution < -0.4 is 24.8 Å². The summed E-state index contributed by atoms with van der Waals surface area (Å²) in [5.41, 5.74) is 2.16. The van der Waals surface area contributed by atoms with Gasteiger partial charge in [0, 0.05) is 22.3 Å². The maximum absolute atomic E-state index is 13.4. The Balaban J connectivity index is 1.24. The summed E-state index contributed by atoms with van der Waals surface area (Å²) < 4.78 is 16.7. The van der Waals surface area contributed by atoms with E-state index in [2.05, 4.69) is 10.6 Å². The van der Waals surface area contributed by atoms with Crippen LogP contribution in [-0.2, 0) is 9.59 Å². The maximum Gasteiger partial charge on any atom is 0.262 e. The average molecular weight is 527 g/mol. The van der Waals surface area contributed by atoms with Crippen LogP contribution in [0.1, 0.15) is 10.8 Å². The van der Waals surface area contributed by atoms with Crippen molar-refractivity contribution in [3.63, 3.8) is 0 Å². The highest BCUT2D eigenvalue weighted by molar-refractivity contribution is 8.00. The van der Waals surface area contributed by atoms with Gasteiger partial charge in [0.15, 0.2) is 18.1 Å². The molecule has 8 heteroatoms. The second kappa shape index (κ2) is 12.2. The molecule has 2 amide bonds. The first-order chi connectivity index (χ1) is 18.6. The normalized spacial score (nSPS) is 12.7. The number of anilines is 2. The molecule has 0 aliphatic carbocycles. The Labute approximate surface area is 225 Å². The quantitative estimate of drug-likeness (QED) is 0.262. The highest BCUT2D eigenvalue weighted by atomic mass is 32.2. The van der Waals surface area contributed by atoms with E-state index >= 15 is 0 Å². The zero-order valence-electron chi connectivity index (χ0n) is 20.5. The molecule has 0 aromatic heterocycles. The van der Waals surface area contributed by atoms with Gasteiger partial charge in [0.05, 0.1) is 0 Å². The molecule has 0 saturated heterocycles. The lowest BCUT2D eigenvalue weighted by Crippen LogP contribution is -2.20. The number of rotatable bonds is 9. The number of fused-ring (bicyclic) bond motifs is 1. The highest BCUT2D eigenvalue weighted by Crippen LogP contribution is 2.38. The molecule has 7 nitrogen and oxygen atoms in total. The Kier molecular flexibility index (Phi) is 8.10. The van der Waals surface area contributed by atoms with Crippen LogP contribution in [0.2, 0.25) is 0 Å². The summed E-state index contributed by atoms with van der Waals surface area (Å²) in [6.07, 6.45) is 0. The molecule has 2 N–H and O–H groups in total. The third-order valence-corrected chi connectivity index (χ3v) is 6.92. The molecular weight excluding hydrogens is 500 g/mol. The highest BCUT2D eigenvalue weighted by Gasteiger charge is 2.23. The van der Waals surface area contributed by atoms with Gasteiger partial charge in [0.2, 0.25) is 5.91 Å². The molecule has 0 bridgehead atoms. The van der Waals surface area contributed by atoms with Crippen molar-refractivity contribution in [2.75, 3.05) is 30.5 Å². The molecule has 1 atom stereocenters. The molecule has 38 heavy (non-hydrogen) atoms. The largest absolute Gasteiger partial charge is 0.486 e. The van der Waals surface area contributed by atoms with E-state index in [0.29, 0.717) is 41.8 Å². The summed E-state index contributed by atoms with van der Waals surface area (Å²) in [7, 11) is 0. The second-order valence-electron chi connectivity index (χ2n) is 8.43. The molecule has 1 unspecified atom stereocenters. The Morgan fingerprint density at radius 3 is 2.16 bits per heavy atom. The van der Waals surface area contributed by atoms with Crippen LogP contribution in [0.4, 0.5) is 11.4 Å². The first-order valence-electron chi connectivity index (χ1n) is 12.1. The van der Waals surface area contributed by atoms with E-state index in [9.17, 15) is 9.59 Å². The number of carbonyl (C=O) groups excluding carboxylic acids is 2. The summed E-state index contributed by atoms with van der Waals surface area (Å²) in [4.78, 5) is 26.6. The number of hydrogen-bond acceptors (Lipinski definition) is 6. The number of para-hydroxylation sites is 1. The van der Waals surface area contributed by atoms with Gasteiger partial charge in [-0.2, -0.15) is 0 Å². The first kappa shape index (κ1) is 25.2. The fraction of sp³-hybridized carbons (Fsp3) is 0.133. The van der Waals surface area contributed by atoms with Gasteiger partial charge in [0.1, 0.15) is 24.2 Å². The summed E-state index contributed by atoms with van der Waals surface area (Å²) in [5.74, 6) is 1.51. The number of carbonyl (C=O) groups is 2. The van der Waals surface area contributed by atoms with Crippen molar-refractivity contribution in [1.29, 1.82) is 0 Å². The fourth-order valence-electron chi connectivity index (χ4n) is 3.85. The van der Waals surface area contributed by atoms with E-state index in [1.807, 2.05) is 72.8 Å². The lowest BCUT2D eigenvalue weighted by atomic mass is 10.1. The number of amides is 2. The van der Waals surface area contributed by atoms with Crippen LogP contribution in [0.25, 0.3) is 0 Å². The predicted octanol–water partition coefficient (Wildman–Crippen LogP) is 5.95. The molecule has 4 aromatic rings. The molecule has 1 aliphatic heterocycles. The zero-order valence-corrected chi connectivity index (χ0v) is 21.3. The van der Waals surface area contributed by atoms with Crippen LogP contribution in [0.15, 0.2) is 108 Å². The number of nitrogens with one attached hydrogen (secondary N) is 2. The molecular formula is C30H26N2O5S. The van der Waals surface area contributed by atoms with Crippen molar-refractivity contribution >= 4 is 35.0 Å². The van der Waals surface area contributed by atoms with E-state index in [1.165, 1.54) is 11.8 Å². The summed E-state index contributed by atoms with van der Waals surface area (Å²) in [6.45, 7) is 0.898. The molecule has 1 heterocycles. The molecule has 0 saturated carbocycles. The zero-order chi connectivity index (χ0) is 26.2. The number of ether oxygens (including phenoxy) is 3. The number of thioether (sulfide) groups is 1. The predicted molar refractivity (Wildman–Crippen MR) is 148 cm³/mol. The smallest absolute Gasteiger partial charge is 0.262 e. The van der Waals surface area contributed by atoms with E-state index in [1.54, 1.807) is 30.3 Å². The summed E-state index contributed by atoms with van der Waals surface area (Å²) >= 11 is 1.43. The third kappa shape index (κ3) is 6.66. The van der Waals surface area contributed by atoms with Crippen molar-refractivity contribution in [2.24, 2.45) is 0 Å². The minimum Gasteiger partial charge on any atom is -0.486 e. The van der Waals surface area contributed by atoms with Crippen LogP contribution in [0.3, 0.4) is 0 Å². The van der Waals surface area contributed by atoms with Gasteiger partial charge in [-0.05, 0) is 54.1 Å². The Hall–Kier alpha value is -4.43. The number of hydrogen-bond donors (Lipinski definition) is 2. The average Bonchev–Trinajstić information content (AvgIpc) is 2.96. The second-order valence-corrected chi connectivity index (χ2v) is 9.61. The molecule has 0 radical (unpaired) electrons. The van der Waals surface area contributed by atoms with Crippen LogP contribution >= 0.6 is 11.8 Å². The molecule has 5 rings (SSSR count). The molecule has 192 valence electrons. The molecule has 0 spiro atoms. The van der Waals surface area contributed by atoms with Gasteiger partial charge in [-0.25, -0.2) is 0 Å². The molecule has 4 aromatic carbocycles. The van der Waals surface area contributed by atoms with E-state index in [4.69, 9.17) is 14.2 Å².